The van der Waals surface area contributed by atoms with Crippen LogP contribution in [0.4, 0.5) is 18.9 Å². The van der Waals surface area contributed by atoms with E-state index >= 15 is 0 Å². The number of nitrogens with zero attached hydrogens (tertiary/aromatic N) is 2. The van der Waals surface area contributed by atoms with E-state index in [1.54, 1.807) is 10.9 Å². The number of alkyl halides is 3. The molecule has 120 valence electrons. The van der Waals surface area contributed by atoms with Gasteiger partial charge in [-0.15, -0.1) is 0 Å². The highest BCUT2D eigenvalue weighted by atomic mass is 19.4. The Morgan fingerprint density at radius 2 is 1.91 bits per heavy atom. The molecule has 0 aliphatic rings. The molecule has 2 aromatic rings. The molecule has 0 unspecified atom stereocenters. The van der Waals surface area contributed by atoms with E-state index in [0.717, 1.165) is 36.5 Å². The Balaban J connectivity index is 2.25. The summed E-state index contributed by atoms with van der Waals surface area (Å²) in [5.74, 6) is 0. The van der Waals surface area contributed by atoms with Crippen LogP contribution in [0.3, 0.4) is 0 Å². The number of anilines is 1. The fourth-order valence-electron chi connectivity index (χ4n) is 2.20. The van der Waals surface area contributed by atoms with Crippen molar-refractivity contribution in [3.8, 4) is 5.69 Å². The number of aromatic nitrogens is 2. The summed E-state index contributed by atoms with van der Waals surface area (Å²) in [6.45, 7) is 3.31. The Morgan fingerprint density at radius 3 is 2.45 bits per heavy atom. The van der Waals surface area contributed by atoms with E-state index in [1.165, 1.54) is 12.1 Å². The van der Waals surface area contributed by atoms with Crippen molar-refractivity contribution in [1.82, 2.24) is 9.78 Å². The molecule has 7 heteroatoms. The van der Waals surface area contributed by atoms with Crippen LogP contribution >= 0.6 is 0 Å². The van der Waals surface area contributed by atoms with Crippen LogP contribution < -0.4 is 11.1 Å². The molecule has 3 N–H and O–H groups in total. The Bertz CT molecular complexity index is 602. The van der Waals surface area contributed by atoms with Crippen molar-refractivity contribution in [3.05, 3.63) is 41.7 Å². The predicted octanol–water partition coefficient (Wildman–Crippen LogP) is 3.21. The van der Waals surface area contributed by atoms with Gasteiger partial charge in [-0.3, -0.25) is 0 Å². The zero-order valence-corrected chi connectivity index (χ0v) is 12.3. The van der Waals surface area contributed by atoms with Gasteiger partial charge in [-0.1, -0.05) is 6.92 Å². The topological polar surface area (TPSA) is 55.9 Å². The van der Waals surface area contributed by atoms with E-state index in [4.69, 9.17) is 5.73 Å². The van der Waals surface area contributed by atoms with Crippen LogP contribution in [0.2, 0.25) is 0 Å². The maximum Gasteiger partial charge on any atom is 0.416 e. The Labute approximate surface area is 127 Å². The molecule has 0 aliphatic carbocycles. The standard InChI is InChI=1S/C15H19F3N4/c1-2-14-13(20-9-3-8-19)10-21-22(14)12-6-4-11(5-7-12)15(16,17)18/h4-7,10,20H,2-3,8-9,19H2,1H3. The van der Waals surface area contributed by atoms with E-state index < -0.39 is 11.7 Å². The van der Waals surface area contributed by atoms with Crippen molar-refractivity contribution in [2.24, 2.45) is 5.73 Å². The van der Waals surface area contributed by atoms with Gasteiger partial charge in [-0.25, -0.2) is 4.68 Å². The predicted molar refractivity (Wildman–Crippen MR) is 80.1 cm³/mol. The highest BCUT2D eigenvalue weighted by molar-refractivity contribution is 5.50. The summed E-state index contributed by atoms with van der Waals surface area (Å²) < 4.78 is 39.5. The van der Waals surface area contributed by atoms with Gasteiger partial charge in [0.05, 0.1) is 28.8 Å². The highest BCUT2D eigenvalue weighted by Crippen LogP contribution is 2.30. The molecule has 0 saturated carbocycles. The van der Waals surface area contributed by atoms with Crippen LogP contribution in [0, 0.1) is 0 Å². The number of hydrogen-bond acceptors (Lipinski definition) is 3. The molecule has 0 atom stereocenters. The first-order chi connectivity index (χ1) is 10.5. The average Bonchev–Trinajstić information content (AvgIpc) is 2.89. The minimum atomic E-state index is -4.33. The summed E-state index contributed by atoms with van der Waals surface area (Å²) in [6, 6.07) is 4.99. The second kappa shape index (κ2) is 6.83. The summed E-state index contributed by atoms with van der Waals surface area (Å²) in [5, 5.41) is 7.52. The minimum Gasteiger partial charge on any atom is -0.382 e. The molecule has 1 heterocycles. The van der Waals surface area contributed by atoms with Gasteiger partial charge in [0.15, 0.2) is 0 Å². The molecule has 0 radical (unpaired) electrons. The molecule has 0 amide bonds. The second-order valence-corrected chi connectivity index (χ2v) is 4.88. The van der Waals surface area contributed by atoms with Crippen LogP contribution in [0.15, 0.2) is 30.5 Å². The molecule has 0 fully saturated rings. The SMILES string of the molecule is CCc1c(NCCCN)cnn1-c1ccc(C(F)(F)F)cc1. The summed E-state index contributed by atoms with van der Waals surface area (Å²) in [7, 11) is 0. The number of nitrogens with two attached hydrogens (primary N) is 1. The van der Waals surface area contributed by atoms with Gasteiger partial charge < -0.3 is 11.1 Å². The van der Waals surface area contributed by atoms with Crippen molar-refractivity contribution < 1.29 is 13.2 Å². The maximum absolute atomic E-state index is 12.6. The maximum atomic E-state index is 12.6. The third-order valence-electron chi connectivity index (χ3n) is 3.34. The summed E-state index contributed by atoms with van der Waals surface area (Å²) in [5.41, 5.74) is 7.21. The van der Waals surface area contributed by atoms with Crippen molar-refractivity contribution >= 4 is 5.69 Å². The lowest BCUT2D eigenvalue weighted by molar-refractivity contribution is -0.137. The molecule has 0 bridgehead atoms. The second-order valence-electron chi connectivity index (χ2n) is 4.88. The molecule has 1 aromatic heterocycles. The van der Waals surface area contributed by atoms with Crippen molar-refractivity contribution in [1.29, 1.82) is 0 Å². The lowest BCUT2D eigenvalue weighted by Gasteiger charge is -2.11. The summed E-state index contributed by atoms with van der Waals surface area (Å²) >= 11 is 0. The van der Waals surface area contributed by atoms with Gasteiger partial charge in [0.25, 0.3) is 0 Å². The summed E-state index contributed by atoms with van der Waals surface area (Å²) in [6.07, 6.45) is -1.08. The number of benzene rings is 1. The van der Waals surface area contributed by atoms with E-state index in [0.29, 0.717) is 18.7 Å². The molecule has 4 nitrogen and oxygen atoms in total. The number of hydrogen-bond donors (Lipinski definition) is 2. The van der Waals surface area contributed by atoms with Gasteiger partial charge in [0.1, 0.15) is 0 Å². The zero-order valence-electron chi connectivity index (χ0n) is 12.3. The van der Waals surface area contributed by atoms with Gasteiger partial charge in [-0.05, 0) is 43.7 Å². The van der Waals surface area contributed by atoms with Crippen LogP contribution in [0.25, 0.3) is 5.69 Å². The number of nitrogens with one attached hydrogen (secondary N) is 1. The zero-order chi connectivity index (χ0) is 16.2. The molecule has 0 aliphatic heterocycles. The quantitative estimate of drug-likeness (QED) is 0.805. The third-order valence-corrected chi connectivity index (χ3v) is 3.34. The van der Waals surface area contributed by atoms with Crippen molar-refractivity contribution in [2.75, 3.05) is 18.4 Å². The van der Waals surface area contributed by atoms with Crippen molar-refractivity contribution in [2.45, 2.75) is 25.9 Å². The molecule has 1 aromatic carbocycles. The molecular weight excluding hydrogens is 293 g/mol. The lowest BCUT2D eigenvalue weighted by atomic mass is 10.2. The Morgan fingerprint density at radius 1 is 1.23 bits per heavy atom. The molecular formula is C15H19F3N4. The first-order valence-corrected chi connectivity index (χ1v) is 7.15. The van der Waals surface area contributed by atoms with Gasteiger partial charge >= 0.3 is 6.18 Å². The first-order valence-electron chi connectivity index (χ1n) is 7.15. The lowest BCUT2D eigenvalue weighted by Crippen LogP contribution is -2.10. The fourth-order valence-corrected chi connectivity index (χ4v) is 2.20. The third kappa shape index (κ3) is 3.59. The van der Waals surface area contributed by atoms with Crippen LogP contribution in [0.5, 0.6) is 0 Å². The molecule has 0 saturated heterocycles. The molecule has 2 rings (SSSR count). The van der Waals surface area contributed by atoms with E-state index in [1.807, 2.05) is 6.92 Å². The largest absolute Gasteiger partial charge is 0.416 e. The Hall–Kier alpha value is -2.02. The normalized spacial score (nSPS) is 11.7. The first kappa shape index (κ1) is 16.4. The van der Waals surface area contributed by atoms with Crippen molar-refractivity contribution in [3.63, 3.8) is 0 Å². The van der Waals surface area contributed by atoms with E-state index in [-0.39, 0.29) is 0 Å². The van der Waals surface area contributed by atoms with Crippen LogP contribution in [-0.4, -0.2) is 22.9 Å². The molecule has 22 heavy (non-hydrogen) atoms. The van der Waals surface area contributed by atoms with Gasteiger partial charge in [-0.2, -0.15) is 18.3 Å². The van der Waals surface area contributed by atoms with Crippen LogP contribution in [-0.2, 0) is 12.6 Å². The molecule has 0 spiro atoms. The Kier molecular flexibility index (Phi) is 5.07. The fraction of sp³-hybridized carbons (Fsp3) is 0.400. The van der Waals surface area contributed by atoms with Gasteiger partial charge in [0, 0.05) is 6.54 Å². The monoisotopic (exact) mass is 312 g/mol. The van der Waals surface area contributed by atoms with Crippen LogP contribution in [0.1, 0.15) is 24.6 Å². The van der Waals surface area contributed by atoms with E-state index in [2.05, 4.69) is 10.4 Å². The summed E-state index contributed by atoms with van der Waals surface area (Å²) in [4.78, 5) is 0. The van der Waals surface area contributed by atoms with Gasteiger partial charge in [0.2, 0.25) is 0 Å². The minimum absolute atomic E-state index is 0.599. The number of rotatable bonds is 6. The number of halogens is 3. The smallest absolute Gasteiger partial charge is 0.382 e. The highest BCUT2D eigenvalue weighted by Gasteiger charge is 2.30. The van der Waals surface area contributed by atoms with E-state index in [9.17, 15) is 13.2 Å². The average molecular weight is 312 g/mol.